The van der Waals surface area contributed by atoms with Crippen LogP contribution < -0.4 is 5.73 Å². The van der Waals surface area contributed by atoms with Gasteiger partial charge in [0.1, 0.15) is 5.82 Å². The molecule has 2 N–H and O–H groups in total. The van der Waals surface area contributed by atoms with Crippen LogP contribution in [0.15, 0.2) is 22.7 Å². The van der Waals surface area contributed by atoms with Crippen molar-refractivity contribution in [3.63, 3.8) is 0 Å². The van der Waals surface area contributed by atoms with Crippen LogP contribution in [0.4, 0.5) is 4.39 Å². The molecule has 0 unspecified atom stereocenters. The highest BCUT2D eigenvalue weighted by Crippen LogP contribution is 2.25. The van der Waals surface area contributed by atoms with Crippen molar-refractivity contribution in [2.45, 2.75) is 50.7 Å². The monoisotopic (exact) mass is 329 g/mol. The zero-order valence-electron chi connectivity index (χ0n) is 11.1. The lowest BCUT2D eigenvalue weighted by molar-refractivity contribution is 0.0667. The molecule has 1 fully saturated rings. The van der Waals surface area contributed by atoms with E-state index >= 15 is 0 Å². The van der Waals surface area contributed by atoms with Gasteiger partial charge in [0.05, 0.1) is 17.7 Å². The average Bonchev–Trinajstić information content (AvgIpc) is 2.59. The highest BCUT2D eigenvalue weighted by molar-refractivity contribution is 9.10. The van der Waals surface area contributed by atoms with Crippen molar-refractivity contribution in [3.05, 3.63) is 34.1 Å². The summed E-state index contributed by atoms with van der Waals surface area (Å²) in [4.78, 5) is 0. The van der Waals surface area contributed by atoms with Crippen molar-refractivity contribution in [1.29, 1.82) is 0 Å². The molecular weight excluding hydrogens is 309 g/mol. The number of hydrogen-bond acceptors (Lipinski definition) is 2. The Morgan fingerprint density at radius 1 is 1.21 bits per heavy atom. The Hall–Kier alpha value is -0.450. The zero-order valence-corrected chi connectivity index (χ0v) is 12.7. The van der Waals surface area contributed by atoms with Crippen molar-refractivity contribution in [2.24, 2.45) is 5.73 Å². The highest BCUT2D eigenvalue weighted by Gasteiger charge is 2.26. The summed E-state index contributed by atoms with van der Waals surface area (Å²) in [5.74, 6) is -0.247. The largest absolute Gasteiger partial charge is 0.375 e. The lowest BCUT2D eigenvalue weighted by atomic mass is 9.93. The maximum Gasteiger partial charge on any atom is 0.137 e. The zero-order chi connectivity index (χ0) is 13.7. The second-order valence-corrected chi connectivity index (χ2v) is 6.37. The molecule has 2 rings (SSSR count). The molecule has 19 heavy (non-hydrogen) atoms. The first-order valence-corrected chi connectivity index (χ1v) is 7.69. The van der Waals surface area contributed by atoms with Gasteiger partial charge in [-0.3, -0.25) is 0 Å². The lowest BCUT2D eigenvalue weighted by Gasteiger charge is -2.27. The van der Waals surface area contributed by atoms with Gasteiger partial charge in [0.2, 0.25) is 0 Å². The summed E-state index contributed by atoms with van der Waals surface area (Å²) >= 11 is 3.18. The van der Waals surface area contributed by atoms with Gasteiger partial charge in [0.25, 0.3) is 0 Å². The standard InChI is InChI=1S/C15H21BrFNO/c16-13-9-12(5-6-14(13)17)10-19-11-15(18)7-3-1-2-4-8-15/h5-6,9H,1-4,7-8,10-11,18H2. The summed E-state index contributed by atoms with van der Waals surface area (Å²) in [7, 11) is 0. The van der Waals surface area contributed by atoms with Crippen LogP contribution in [0.25, 0.3) is 0 Å². The van der Waals surface area contributed by atoms with Crippen LogP contribution in [0.1, 0.15) is 44.1 Å². The lowest BCUT2D eigenvalue weighted by Crippen LogP contribution is -2.43. The summed E-state index contributed by atoms with van der Waals surface area (Å²) < 4.78 is 19.3. The number of hydrogen-bond donors (Lipinski definition) is 1. The third-order valence-electron chi connectivity index (χ3n) is 3.74. The highest BCUT2D eigenvalue weighted by atomic mass is 79.9. The molecule has 0 aromatic heterocycles. The first-order chi connectivity index (χ1) is 9.09. The summed E-state index contributed by atoms with van der Waals surface area (Å²) in [6.07, 6.45) is 7.04. The van der Waals surface area contributed by atoms with Crippen molar-refractivity contribution < 1.29 is 9.13 Å². The molecule has 0 heterocycles. The van der Waals surface area contributed by atoms with Gasteiger partial charge < -0.3 is 10.5 Å². The van der Waals surface area contributed by atoms with Gasteiger partial charge in [0, 0.05) is 5.54 Å². The van der Waals surface area contributed by atoms with Gasteiger partial charge in [-0.05, 0) is 46.5 Å². The van der Waals surface area contributed by atoms with Crippen LogP contribution >= 0.6 is 15.9 Å². The average molecular weight is 330 g/mol. The van der Waals surface area contributed by atoms with Crippen molar-refractivity contribution in [3.8, 4) is 0 Å². The Morgan fingerprint density at radius 3 is 2.53 bits per heavy atom. The topological polar surface area (TPSA) is 35.2 Å². The fourth-order valence-corrected chi connectivity index (χ4v) is 3.00. The third kappa shape index (κ3) is 4.55. The second-order valence-electron chi connectivity index (χ2n) is 5.52. The Bertz CT molecular complexity index is 417. The molecule has 1 aromatic carbocycles. The number of benzene rings is 1. The molecule has 1 aliphatic carbocycles. The summed E-state index contributed by atoms with van der Waals surface area (Å²) in [6.45, 7) is 1.07. The predicted octanol–water partition coefficient (Wildman–Crippen LogP) is 4.16. The molecule has 4 heteroatoms. The predicted molar refractivity (Wildman–Crippen MR) is 78.4 cm³/mol. The maximum atomic E-state index is 13.1. The molecule has 0 amide bonds. The molecule has 0 radical (unpaired) electrons. The van der Waals surface area contributed by atoms with Gasteiger partial charge >= 0.3 is 0 Å². The Labute approximate surface area is 122 Å². The fraction of sp³-hybridized carbons (Fsp3) is 0.600. The smallest absolute Gasteiger partial charge is 0.137 e. The van der Waals surface area contributed by atoms with Gasteiger partial charge in [-0.1, -0.05) is 31.7 Å². The summed E-state index contributed by atoms with van der Waals surface area (Å²) in [5, 5.41) is 0. The van der Waals surface area contributed by atoms with Crippen LogP contribution in [0, 0.1) is 5.82 Å². The van der Waals surface area contributed by atoms with E-state index in [4.69, 9.17) is 10.5 Å². The van der Waals surface area contributed by atoms with E-state index in [1.807, 2.05) is 0 Å². The number of halogens is 2. The molecule has 0 spiro atoms. The van der Waals surface area contributed by atoms with E-state index in [-0.39, 0.29) is 11.4 Å². The van der Waals surface area contributed by atoms with Crippen LogP contribution in [-0.2, 0) is 11.3 Å². The Morgan fingerprint density at radius 2 is 1.89 bits per heavy atom. The second kappa shape index (κ2) is 6.82. The minimum Gasteiger partial charge on any atom is -0.375 e. The van der Waals surface area contributed by atoms with Gasteiger partial charge in [-0.15, -0.1) is 0 Å². The van der Waals surface area contributed by atoms with Crippen molar-refractivity contribution in [2.75, 3.05) is 6.61 Å². The van der Waals surface area contributed by atoms with E-state index in [0.29, 0.717) is 17.7 Å². The number of rotatable bonds is 4. The third-order valence-corrected chi connectivity index (χ3v) is 4.35. The van der Waals surface area contributed by atoms with Crippen LogP contribution in [-0.4, -0.2) is 12.1 Å². The summed E-state index contributed by atoms with van der Waals surface area (Å²) in [6, 6.07) is 4.95. The van der Waals surface area contributed by atoms with E-state index in [1.54, 1.807) is 12.1 Å². The molecule has 2 nitrogen and oxygen atoms in total. The first-order valence-electron chi connectivity index (χ1n) is 6.90. The van der Waals surface area contributed by atoms with Crippen LogP contribution in [0.5, 0.6) is 0 Å². The molecule has 106 valence electrons. The molecule has 0 bridgehead atoms. The van der Waals surface area contributed by atoms with Gasteiger partial charge in [-0.2, -0.15) is 0 Å². The van der Waals surface area contributed by atoms with Crippen molar-refractivity contribution in [1.82, 2.24) is 0 Å². The molecular formula is C15H21BrFNO. The van der Waals surface area contributed by atoms with E-state index in [2.05, 4.69) is 15.9 Å². The molecule has 1 aromatic rings. The van der Waals surface area contributed by atoms with E-state index < -0.39 is 0 Å². The van der Waals surface area contributed by atoms with Gasteiger partial charge in [0.15, 0.2) is 0 Å². The quantitative estimate of drug-likeness (QED) is 0.842. The minimum atomic E-state index is -0.247. The minimum absolute atomic E-state index is 0.173. The maximum absolute atomic E-state index is 13.1. The molecule has 1 saturated carbocycles. The normalized spacial score (nSPS) is 19.1. The summed E-state index contributed by atoms with van der Waals surface area (Å²) in [5.41, 5.74) is 7.17. The number of ether oxygens (including phenoxy) is 1. The SMILES string of the molecule is NC1(COCc2ccc(F)c(Br)c2)CCCCCC1. The van der Waals surface area contributed by atoms with E-state index in [1.165, 1.54) is 31.7 Å². The first kappa shape index (κ1) is 14.9. The Kier molecular flexibility index (Phi) is 5.37. The molecule has 0 saturated heterocycles. The number of nitrogens with two attached hydrogens (primary N) is 1. The van der Waals surface area contributed by atoms with Crippen LogP contribution in [0.3, 0.4) is 0 Å². The molecule has 0 aliphatic heterocycles. The fourth-order valence-electron chi connectivity index (χ4n) is 2.58. The van der Waals surface area contributed by atoms with Crippen molar-refractivity contribution >= 4 is 15.9 Å². The van der Waals surface area contributed by atoms with Crippen LogP contribution in [0.2, 0.25) is 0 Å². The van der Waals surface area contributed by atoms with Gasteiger partial charge in [-0.25, -0.2) is 4.39 Å². The molecule has 0 atom stereocenters. The van der Waals surface area contributed by atoms with E-state index in [0.717, 1.165) is 18.4 Å². The Balaban J connectivity index is 1.83. The molecule has 1 aliphatic rings. The van der Waals surface area contributed by atoms with E-state index in [9.17, 15) is 4.39 Å².